The molecule has 0 aliphatic carbocycles. The van der Waals surface area contributed by atoms with Crippen LogP contribution in [0.25, 0.3) is 0 Å². The molecular weight excluding hydrogens is 297 g/mol. The van der Waals surface area contributed by atoms with Gasteiger partial charge in [-0.3, -0.25) is 0 Å². The summed E-state index contributed by atoms with van der Waals surface area (Å²) in [5, 5.41) is 3.22. The second-order valence-corrected chi connectivity index (χ2v) is 4.95. The first-order valence-electron chi connectivity index (χ1n) is 7.03. The van der Waals surface area contributed by atoms with Gasteiger partial charge in [0.25, 0.3) is 0 Å². The fourth-order valence-electron chi connectivity index (χ4n) is 2.26. The topological polar surface area (TPSA) is 64.9 Å². The van der Waals surface area contributed by atoms with Gasteiger partial charge in [-0.1, -0.05) is 12.1 Å². The number of imidazole rings is 1. The fraction of sp³-hybridized carbons (Fsp3) is 0.188. The minimum atomic E-state index is -0.317. The van der Waals surface area contributed by atoms with Gasteiger partial charge in [-0.2, -0.15) is 4.98 Å². The Hall–Kier alpha value is -2.96. The summed E-state index contributed by atoms with van der Waals surface area (Å²) in [5.41, 5.74) is 0.854. The lowest BCUT2D eigenvalue weighted by molar-refractivity contribution is 0.397. The van der Waals surface area contributed by atoms with Crippen LogP contribution in [0.2, 0.25) is 0 Å². The Balaban J connectivity index is 1.98. The number of aromatic nitrogens is 4. The van der Waals surface area contributed by atoms with Gasteiger partial charge >= 0.3 is 0 Å². The van der Waals surface area contributed by atoms with E-state index >= 15 is 0 Å². The molecule has 0 unspecified atom stereocenters. The highest BCUT2D eigenvalue weighted by Gasteiger charge is 2.19. The second kappa shape index (κ2) is 6.43. The van der Waals surface area contributed by atoms with E-state index in [0.717, 1.165) is 11.4 Å². The zero-order chi connectivity index (χ0) is 16.2. The van der Waals surface area contributed by atoms with Crippen molar-refractivity contribution in [3.8, 4) is 5.88 Å². The van der Waals surface area contributed by atoms with E-state index in [-0.39, 0.29) is 11.9 Å². The molecule has 0 aliphatic rings. The van der Waals surface area contributed by atoms with Gasteiger partial charge in [-0.05, 0) is 17.7 Å². The molecule has 118 valence electrons. The van der Waals surface area contributed by atoms with Crippen LogP contribution in [0.3, 0.4) is 0 Å². The van der Waals surface area contributed by atoms with Gasteiger partial charge in [0.2, 0.25) is 11.8 Å². The first kappa shape index (κ1) is 15.0. The summed E-state index contributed by atoms with van der Waals surface area (Å²) in [4.78, 5) is 12.8. The van der Waals surface area contributed by atoms with E-state index in [0.29, 0.717) is 11.8 Å². The predicted molar refractivity (Wildman–Crippen MR) is 83.7 cm³/mol. The number of anilines is 1. The Morgan fingerprint density at radius 3 is 2.57 bits per heavy atom. The molecule has 0 saturated heterocycles. The number of nitrogens with one attached hydrogen (secondary N) is 1. The summed E-state index contributed by atoms with van der Waals surface area (Å²) in [7, 11) is 3.44. The van der Waals surface area contributed by atoms with E-state index in [1.807, 2.05) is 17.8 Å². The first-order chi connectivity index (χ1) is 11.2. The molecule has 0 bridgehead atoms. The van der Waals surface area contributed by atoms with Gasteiger partial charge in [0, 0.05) is 31.7 Å². The van der Waals surface area contributed by atoms with E-state index < -0.39 is 0 Å². The highest BCUT2D eigenvalue weighted by molar-refractivity contribution is 5.38. The van der Waals surface area contributed by atoms with E-state index in [4.69, 9.17) is 4.74 Å². The quantitative estimate of drug-likeness (QED) is 0.784. The summed E-state index contributed by atoms with van der Waals surface area (Å²) >= 11 is 0. The third-order valence-corrected chi connectivity index (χ3v) is 3.43. The largest absolute Gasteiger partial charge is 0.481 e. The van der Waals surface area contributed by atoms with Crippen LogP contribution in [-0.4, -0.2) is 26.6 Å². The van der Waals surface area contributed by atoms with E-state index in [1.165, 1.54) is 12.1 Å². The average Bonchev–Trinajstić information content (AvgIpc) is 3.00. The van der Waals surface area contributed by atoms with Gasteiger partial charge in [0.05, 0.1) is 7.11 Å². The molecule has 0 fully saturated rings. The molecule has 1 N–H and O–H groups in total. The van der Waals surface area contributed by atoms with Crippen molar-refractivity contribution in [2.24, 2.45) is 7.05 Å². The van der Waals surface area contributed by atoms with E-state index in [2.05, 4.69) is 20.3 Å². The Morgan fingerprint density at radius 2 is 1.91 bits per heavy atom. The number of hydrogen-bond donors (Lipinski definition) is 1. The van der Waals surface area contributed by atoms with Gasteiger partial charge < -0.3 is 14.6 Å². The average molecular weight is 313 g/mol. The number of ether oxygens (including phenoxy) is 1. The SMILES string of the molecule is COc1ccnc(N[C@H](c2ccc(F)cc2)c2nccn2C)n1. The standard InChI is InChI=1S/C16H16FN5O/c1-22-10-9-18-15(22)14(11-3-5-12(17)6-4-11)21-16-19-8-7-13(20-16)23-2/h3-10,14H,1-2H3,(H,19,20,21)/t14-/m1/s1. The third-order valence-electron chi connectivity index (χ3n) is 3.43. The highest BCUT2D eigenvalue weighted by atomic mass is 19.1. The van der Waals surface area contributed by atoms with Crippen LogP contribution in [0.15, 0.2) is 48.9 Å². The summed E-state index contributed by atoms with van der Waals surface area (Å²) in [6, 6.07) is 7.60. The van der Waals surface area contributed by atoms with Crippen molar-refractivity contribution in [3.63, 3.8) is 0 Å². The molecule has 0 spiro atoms. The normalized spacial score (nSPS) is 12.0. The van der Waals surface area contributed by atoms with Crippen LogP contribution >= 0.6 is 0 Å². The molecule has 6 nitrogen and oxygen atoms in total. The maximum Gasteiger partial charge on any atom is 0.226 e. The van der Waals surface area contributed by atoms with Crippen LogP contribution in [0.4, 0.5) is 10.3 Å². The zero-order valence-electron chi connectivity index (χ0n) is 12.8. The molecule has 0 saturated carbocycles. The molecule has 0 aliphatic heterocycles. The monoisotopic (exact) mass is 313 g/mol. The minimum Gasteiger partial charge on any atom is -0.481 e. The molecule has 2 aromatic heterocycles. The summed E-state index contributed by atoms with van der Waals surface area (Å²) in [6.45, 7) is 0. The Morgan fingerprint density at radius 1 is 1.13 bits per heavy atom. The zero-order valence-corrected chi connectivity index (χ0v) is 12.8. The molecular formula is C16H16FN5O. The minimum absolute atomic E-state index is 0.287. The van der Waals surface area contributed by atoms with Crippen molar-refractivity contribution in [1.82, 2.24) is 19.5 Å². The lowest BCUT2D eigenvalue weighted by atomic mass is 10.1. The number of benzene rings is 1. The summed E-state index contributed by atoms with van der Waals surface area (Å²) in [6.07, 6.45) is 5.16. The highest BCUT2D eigenvalue weighted by Crippen LogP contribution is 2.24. The molecule has 1 atom stereocenters. The Kier molecular flexibility index (Phi) is 4.18. The number of methoxy groups -OCH3 is 1. The van der Waals surface area contributed by atoms with Crippen molar-refractivity contribution in [2.45, 2.75) is 6.04 Å². The maximum atomic E-state index is 13.2. The van der Waals surface area contributed by atoms with Crippen LogP contribution in [-0.2, 0) is 7.05 Å². The van der Waals surface area contributed by atoms with Crippen molar-refractivity contribution >= 4 is 5.95 Å². The van der Waals surface area contributed by atoms with Crippen LogP contribution < -0.4 is 10.1 Å². The van der Waals surface area contributed by atoms with Crippen molar-refractivity contribution in [3.05, 3.63) is 66.1 Å². The van der Waals surface area contributed by atoms with Gasteiger partial charge in [0.1, 0.15) is 17.7 Å². The van der Waals surface area contributed by atoms with Gasteiger partial charge in [-0.25, -0.2) is 14.4 Å². The Bertz CT molecular complexity index is 787. The van der Waals surface area contributed by atoms with Crippen molar-refractivity contribution in [1.29, 1.82) is 0 Å². The molecule has 1 aromatic carbocycles. The number of aryl methyl sites for hydroxylation is 1. The molecule has 2 heterocycles. The van der Waals surface area contributed by atoms with Gasteiger partial charge in [0.15, 0.2) is 0 Å². The molecule has 3 aromatic rings. The predicted octanol–water partition coefficient (Wildman–Crippen LogP) is 2.56. The summed E-state index contributed by atoms with van der Waals surface area (Å²) < 4.78 is 20.2. The number of nitrogens with zero attached hydrogens (tertiary/aromatic N) is 4. The van der Waals surface area contributed by atoms with Gasteiger partial charge in [-0.15, -0.1) is 0 Å². The number of hydrogen-bond acceptors (Lipinski definition) is 5. The van der Waals surface area contributed by atoms with Crippen molar-refractivity contribution in [2.75, 3.05) is 12.4 Å². The third kappa shape index (κ3) is 3.28. The second-order valence-electron chi connectivity index (χ2n) is 4.95. The van der Waals surface area contributed by atoms with Crippen LogP contribution in [0.1, 0.15) is 17.4 Å². The van der Waals surface area contributed by atoms with E-state index in [1.54, 1.807) is 37.7 Å². The van der Waals surface area contributed by atoms with Crippen molar-refractivity contribution < 1.29 is 9.13 Å². The fourth-order valence-corrected chi connectivity index (χ4v) is 2.26. The lowest BCUT2D eigenvalue weighted by Crippen LogP contribution is -2.18. The Labute approximate surface area is 133 Å². The van der Waals surface area contributed by atoms with Crippen LogP contribution in [0, 0.1) is 5.82 Å². The summed E-state index contributed by atoms with van der Waals surface area (Å²) in [5.74, 6) is 1.34. The number of rotatable bonds is 5. The molecule has 7 heteroatoms. The molecule has 23 heavy (non-hydrogen) atoms. The maximum absolute atomic E-state index is 13.2. The van der Waals surface area contributed by atoms with E-state index in [9.17, 15) is 4.39 Å². The molecule has 3 rings (SSSR count). The molecule has 0 amide bonds. The number of halogens is 1. The smallest absolute Gasteiger partial charge is 0.226 e. The molecule has 0 radical (unpaired) electrons. The lowest BCUT2D eigenvalue weighted by Gasteiger charge is -2.19. The van der Waals surface area contributed by atoms with Crippen LogP contribution in [0.5, 0.6) is 5.88 Å². The first-order valence-corrected chi connectivity index (χ1v) is 7.03.